The maximum atomic E-state index is 12.3. The number of benzene rings is 1. The molecule has 1 aromatic carbocycles. The van der Waals surface area contributed by atoms with Crippen LogP contribution in [0.4, 0.5) is 0 Å². The Labute approximate surface area is 112 Å². The summed E-state index contributed by atoms with van der Waals surface area (Å²) in [5.74, 6) is -0.0439. The molecule has 1 aromatic heterocycles. The Morgan fingerprint density at radius 2 is 2.00 bits per heavy atom. The normalized spacial score (nSPS) is 17.7. The van der Waals surface area contributed by atoms with Gasteiger partial charge in [0.05, 0.1) is 11.1 Å². The van der Waals surface area contributed by atoms with Crippen LogP contribution in [-0.4, -0.2) is 54.0 Å². The van der Waals surface area contributed by atoms with Crippen LogP contribution in [0.5, 0.6) is 0 Å². The lowest BCUT2D eigenvalue weighted by atomic mass is 10.1. The summed E-state index contributed by atoms with van der Waals surface area (Å²) in [6.45, 7) is 3.69. The minimum atomic E-state index is -0.0439. The largest absolute Gasteiger partial charge is 0.361 e. The second-order valence-electron chi connectivity index (χ2n) is 4.98. The van der Waals surface area contributed by atoms with E-state index in [4.69, 9.17) is 0 Å². The first-order valence-electron chi connectivity index (χ1n) is 6.54. The monoisotopic (exact) mass is 258 g/mol. The van der Waals surface area contributed by atoms with E-state index in [1.165, 1.54) is 0 Å². The first kappa shape index (κ1) is 12.2. The van der Waals surface area contributed by atoms with E-state index in [0.717, 1.165) is 37.1 Å². The minimum Gasteiger partial charge on any atom is -0.361 e. The number of nitrogens with one attached hydrogen (secondary N) is 2. The molecule has 1 fully saturated rings. The van der Waals surface area contributed by atoms with Crippen molar-refractivity contribution in [2.75, 3.05) is 33.2 Å². The van der Waals surface area contributed by atoms with Crippen molar-refractivity contribution >= 4 is 16.8 Å². The fourth-order valence-electron chi connectivity index (χ4n) is 2.40. The van der Waals surface area contributed by atoms with Gasteiger partial charge in [-0.1, -0.05) is 12.1 Å². The van der Waals surface area contributed by atoms with E-state index in [0.29, 0.717) is 5.56 Å². The zero-order valence-corrected chi connectivity index (χ0v) is 11.0. The summed E-state index contributed by atoms with van der Waals surface area (Å²) in [5, 5.41) is 3.05. The molecule has 0 radical (unpaired) electrons. The highest BCUT2D eigenvalue weighted by Crippen LogP contribution is 2.16. The van der Waals surface area contributed by atoms with E-state index in [1.54, 1.807) is 0 Å². The second-order valence-corrected chi connectivity index (χ2v) is 4.98. The zero-order valence-electron chi connectivity index (χ0n) is 11.0. The van der Waals surface area contributed by atoms with E-state index >= 15 is 0 Å². The second kappa shape index (κ2) is 5.03. The van der Waals surface area contributed by atoms with Gasteiger partial charge in [-0.15, -0.1) is 0 Å². The number of para-hydroxylation sites is 1. The smallest absolute Gasteiger partial charge is 0.267 e. The van der Waals surface area contributed by atoms with E-state index in [9.17, 15) is 4.79 Å². The molecule has 0 atom stereocenters. The number of carbonyl (C=O) groups is 1. The van der Waals surface area contributed by atoms with Crippen LogP contribution in [0.3, 0.4) is 0 Å². The Kier molecular flexibility index (Phi) is 3.23. The van der Waals surface area contributed by atoms with E-state index in [2.05, 4.69) is 22.4 Å². The fraction of sp³-hybridized carbons (Fsp3) is 0.357. The SMILES string of the molecule is CN1CCN(NC(=O)c2cccc3cc[nH]c23)CC1. The predicted molar refractivity (Wildman–Crippen MR) is 74.8 cm³/mol. The number of rotatable bonds is 2. The van der Waals surface area contributed by atoms with Gasteiger partial charge in [0.25, 0.3) is 5.91 Å². The number of amides is 1. The number of likely N-dealkylation sites (N-methyl/N-ethyl adjacent to an activating group) is 1. The fourth-order valence-corrected chi connectivity index (χ4v) is 2.40. The van der Waals surface area contributed by atoms with Crippen LogP contribution < -0.4 is 5.43 Å². The Balaban J connectivity index is 1.75. The third kappa shape index (κ3) is 2.47. The molecule has 1 amide bonds. The number of carbonyl (C=O) groups excluding carboxylic acids is 1. The van der Waals surface area contributed by atoms with Gasteiger partial charge >= 0.3 is 0 Å². The lowest BCUT2D eigenvalue weighted by Gasteiger charge is -2.32. The molecule has 5 heteroatoms. The predicted octanol–water partition coefficient (Wildman–Crippen LogP) is 1.06. The number of hydrogen-bond donors (Lipinski definition) is 2. The molecule has 0 unspecified atom stereocenters. The molecule has 1 aliphatic heterocycles. The van der Waals surface area contributed by atoms with Crippen LogP contribution in [0.2, 0.25) is 0 Å². The molecule has 1 aliphatic rings. The van der Waals surface area contributed by atoms with Crippen LogP contribution >= 0.6 is 0 Å². The molecular weight excluding hydrogens is 240 g/mol. The number of fused-ring (bicyclic) bond motifs is 1. The molecule has 2 aromatic rings. The summed E-state index contributed by atoms with van der Waals surface area (Å²) >= 11 is 0. The summed E-state index contributed by atoms with van der Waals surface area (Å²) in [5.41, 5.74) is 4.58. The molecule has 2 N–H and O–H groups in total. The maximum absolute atomic E-state index is 12.3. The lowest BCUT2D eigenvalue weighted by molar-refractivity contribution is 0.0664. The standard InChI is InChI=1S/C14H18N4O/c1-17-7-9-18(10-8-17)16-14(19)12-4-2-3-11-5-6-15-13(11)12/h2-6,15H,7-10H2,1H3,(H,16,19). The number of aromatic amines is 1. The number of hydrazine groups is 1. The van der Waals surface area contributed by atoms with Crippen molar-refractivity contribution in [1.29, 1.82) is 0 Å². The number of nitrogens with zero attached hydrogens (tertiary/aromatic N) is 2. The van der Waals surface area contributed by atoms with Crippen molar-refractivity contribution < 1.29 is 4.79 Å². The van der Waals surface area contributed by atoms with Gasteiger partial charge in [0, 0.05) is 37.8 Å². The summed E-state index contributed by atoms with van der Waals surface area (Å²) in [7, 11) is 2.10. The Morgan fingerprint density at radius 3 is 2.79 bits per heavy atom. The maximum Gasteiger partial charge on any atom is 0.267 e. The number of hydrogen-bond acceptors (Lipinski definition) is 3. The molecule has 0 spiro atoms. The molecule has 0 bridgehead atoms. The van der Waals surface area contributed by atoms with Gasteiger partial charge in [-0.05, 0) is 19.2 Å². The van der Waals surface area contributed by atoms with Gasteiger partial charge in [-0.3, -0.25) is 10.2 Å². The van der Waals surface area contributed by atoms with Gasteiger partial charge in [-0.25, -0.2) is 5.01 Å². The Hall–Kier alpha value is -1.85. The average molecular weight is 258 g/mol. The van der Waals surface area contributed by atoms with Crippen molar-refractivity contribution in [1.82, 2.24) is 20.3 Å². The van der Waals surface area contributed by atoms with Crippen molar-refractivity contribution in [2.24, 2.45) is 0 Å². The quantitative estimate of drug-likeness (QED) is 0.847. The Morgan fingerprint density at radius 1 is 1.21 bits per heavy atom. The highest BCUT2D eigenvalue weighted by molar-refractivity contribution is 6.05. The van der Waals surface area contributed by atoms with Crippen molar-refractivity contribution in [2.45, 2.75) is 0 Å². The Bertz CT molecular complexity index is 584. The summed E-state index contributed by atoms with van der Waals surface area (Å²) in [4.78, 5) is 17.7. The lowest BCUT2D eigenvalue weighted by Crippen LogP contribution is -2.52. The highest BCUT2D eigenvalue weighted by Gasteiger charge is 2.17. The van der Waals surface area contributed by atoms with Gasteiger partial charge < -0.3 is 9.88 Å². The molecule has 5 nitrogen and oxygen atoms in total. The van der Waals surface area contributed by atoms with E-state index < -0.39 is 0 Å². The number of H-pyrrole nitrogens is 1. The molecule has 100 valence electrons. The topological polar surface area (TPSA) is 51.4 Å². The van der Waals surface area contributed by atoms with Gasteiger partial charge in [-0.2, -0.15) is 0 Å². The van der Waals surface area contributed by atoms with Crippen LogP contribution in [0.15, 0.2) is 30.5 Å². The van der Waals surface area contributed by atoms with Gasteiger partial charge in [0.1, 0.15) is 0 Å². The molecule has 2 heterocycles. The first-order valence-corrected chi connectivity index (χ1v) is 6.54. The molecule has 3 rings (SSSR count). The van der Waals surface area contributed by atoms with Crippen molar-refractivity contribution in [3.05, 3.63) is 36.0 Å². The summed E-state index contributed by atoms with van der Waals surface area (Å²) in [6, 6.07) is 7.74. The van der Waals surface area contributed by atoms with Crippen LogP contribution in [0.1, 0.15) is 10.4 Å². The third-order valence-electron chi connectivity index (χ3n) is 3.59. The zero-order chi connectivity index (χ0) is 13.2. The van der Waals surface area contributed by atoms with Crippen molar-refractivity contribution in [3.63, 3.8) is 0 Å². The van der Waals surface area contributed by atoms with E-state index in [1.807, 2.05) is 35.5 Å². The van der Waals surface area contributed by atoms with Crippen molar-refractivity contribution in [3.8, 4) is 0 Å². The van der Waals surface area contributed by atoms with Gasteiger partial charge in [0.2, 0.25) is 0 Å². The molecule has 1 saturated heterocycles. The molecular formula is C14H18N4O. The molecule has 0 aliphatic carbocycles. The highest BCUT2D eigenvalue weighted by atomic mass is 16.2. The summed E-state index contributed by atoms with van der Waals surface area (Å²) in [6.07, 6.45) is 1.86. The number of piperazine rings is 1. The molecule has 0 saturated carbocycles. The van der Waals surface area contributed by atoms with Gasteiger partial charge in [0.15, 0.2) is 0 Å². The third-order valence-corrected chi connectivity index (χ3v) is 3.59. The molecule has 19 heavy (non-hydrogen) atoms. The average Bonchev–Trinajstić information content (AvgIpc) is 2.89. The van der Waals surface area contributed by atoms with E-state index in [-0.39, 0.29) is 5.91 Å². The van der Waals surface area contributed by atoms with Crippen LogP contribution in [0, 0.1) is 0 Å². The number of aromatic nitrogens is 1. The van der Waals surface area contributed by atoms with Crippen LogP contribution in [0.25, 0.3) is 10.9 Å². The van der Waals surface area contributed by atoms with Crippen LogP contribution in [-0.2, 0) is 0 Å². The first-order chi connectivity index (χ1) is 9.24. The summed E-state index contributed by atoms with van der Waals surface area (Å²) < 4.78 is 0. The minimum absolute atomic E-state index is 0.0439.